The normalized spacial score (nSPS) is 15.7. The van der Waals surface area contributed by atoms with Gasteiger partial charge < -0.3 is 9.29 Å². The molecule has 0 saturated heterocycles. The summed E-state index contributed by atoms with van der Waals surface area (Å²) in [5.41, 5.74) is -0.244. The third-order valence-electron chi connectivity index (χ3n) is 2.55. The molecule has 126 valence electrons. The van der Waals surface area contributed by atoms with Crippen LogP contribution >= 0.6 is 0 Å². The number of benzene rings is 1. The average Bonchev–Trinajstić information content (AvgIpc) is 2.33. The van der Waals surface area contributed by atoms with Gasteiger partial charge in [-0.1, -0.05) is 12.1 Å². The van der Waals surface area contributed by atoms with Gasteiger partial charge in [-0.3, -0.25) is 0 Å². The minimum absolute atomic E-state index is 0.244. The zero-order valence-electron chi connectivity index (χ0n) is 12.1. The summed E-state index contributed by atoms with van der Waals surface area (Å²) in [6.45, 7) is 1.53. The topological polar surface area (TPSA) is 44.3 Å². The lowest BCUT2D eigenvalue weighted by Crippen LogP contribution is -2.45. The molecule has 1 N–H and O–H groups in total. The van der Waals surface area contributed by atoms with Crippen molar-refractivity contribution in [2.75, 3.05) is 0 Å². The monoisotopic (exact) mass is 345 g/mol. The van der Waals surface area contributed by atoms with Crippen LogP contribution < -0.4 is 9.46 Å². The van der Waals surface area contributed by atoms with E-state index in [1.165, 1.54) is 20.8 Å². The summed E-state index contributed by atoms with van der Waals surface area (Å²) in [7, 11) is 0. The number of alkyl halides is 5. The van der Waals surface area contributed by atoms with E-state index in [0.717, 1.165) is 24.3 Å². The molecule has 0 aromatic heterocycles. The molecule has 0 fully saturated rings. The van der Waals surface area contributed by atoms with Crippen LogP contribution in [0.1, 0.15) is 32.4 Å². The first-order chi connectivity index (χ1) is 9.91. The van der Waals surface area contributed by atoms with E-state index < -0.39 is 34.9 Å². The largest absolute Gasteiger partial charge is 0.598 e. The fourth-order valence-corrected chi connectivity index (χ4v) is 2.29. The van der Waals surface area contributed by atoms with Gasteiger partial charge in [-0.2, -0.15) is 22.0 Å². The van der Waals surface area contributed by atoms with Gasteiger partial charge in [-0.15, -0.1) is 4.72 Å². The fraction of sp³-hybridized carbons (Fsp3) is 0.538. The fourth-order valence-electron chi connectivity index (χ4n) is 1.45. The van der Waals surface area contributed by atoms with E-state index >= 15 is 0 Å². The van der Waals surface area contributed by atoms with Crippen LogP contribution in [0.3, 0.4) is 0 Å². The maximum absolute atomic E-state index is 13.1. The molecule has 0 aliphatic rings. The smallest absolute Gasteiger partial charge is 0.412 e. The van der Waals surface area contributed by atoms with Gasteiger partial charge in [0.05, 0.1) is 0 Å². The molecule has 9 heteroatoms. The Balaban J connectivity index is 2.98. The summed E-state index contributed by atoms with van der Waals surface area (Å²) in [6, 6.07) is 1.84. The zero-order chi connectivity index (χ0) is 17.1. The first-order valence-electron chi connectivity index (χ1n) is 6.21. The van der Waals surface area contributed by atoms with Gasteiger partial charge in [0, 0.05) is 11.4 Å². The lowest BCUT2D eigenvalue weighted by Gasteiger charge is -2.29. The molecule has 0 amide bonds. The van der Waals surface area contributed by atoms with Crippen LogP contribution in [0, 0.1) is 0 Å². The van der Waals surface area contributed by atoms with Gasteiger partial charge in [0.15, 0.2) is 6.04 Å². The summed E-state index contributed by atoms with van der Waals surface area (Å²) in [5.74, 6) is -0.253. The van der Waals surface area contributed by atoms with E-state index in [9.17, 15) is 26.5 Å². The lowest BCUT2D eigenvalue weighted by atomic mass is 10.1. The van der Waals surface area contributed by atoms with Crippen LogP contribution in [0.5, 0.6) is 5.75 Å². The molecule has 1 aromatic rings. The van der Waals surface area contributed by atoms with Crippen molar-refractivity contribution in [2.24, 2.45) is 0 Å². The number of hydrogen-bond donors (Lipinski definition) is 1. The third-order valence-corrected chi connectivity index (χ3v) is 4.11. The highest BCUT2D eigenvalue weighted by molar-refractivity contribution is 7.90. The number of rotatable bonds is 5. The molecule has 1 rings (SSSR count). The van der Waals surface area contributed by atoms with E-state index in [1.54, 1.807) is 0 Å². The molecule has 2 unspecified atom stereocenters. The Morgan fingerprint density at radius 3 is 1.95 bits per heavy atom. The molecule has 3 nitrogen and oxygen atoms in total. The number of halogens is 5. The molecule has 0 bridgehead atoms. The SMILES string of the molecule is CC(C)(C)[S+]([O-])NC(c1ccc(OC(F)F)cc1)C(F)(F)F. The second kappa shape index (κ2) is 7.01. The predicted molar refractivity (Wildman–Crippen MR) is 72.9 cm³/mol. The van der Waals surface area contributed by atoms with Crippen molar-refractivity contribution in [3.8, 4) is 5.75 Å². The Morgan fingerprint density at radius 2 is 1.59 bits per heavy atom. The van der Waals surface area contributed by atoms with Gasteiger partial charge in [0.2, 0.25) is 0 Å². The van der Waals surface area contributed by atoms with Gasteiger partial charge in [-0.05, 0) is 38.5 Å². The Hall–Kier alpha value is -1.06. The highest BCUT2D eigenvalue weighted by atomic mass is 32.2. The molecule has 0 saturated carbocycles. The number of ether oxygens (including phenoxy) is 1. The molecule has 2 atom stereocenters. The minimum Gasteiger partial charge on any atom is -0.598 e. The standard InChI is InChI=1S/C13H16F5NO2S/c1-12(2,3)22(20)19-10(13(16,17)18)8-4-6-9(7-5-8)21-11(14)15/h4-7,10-11,19H,1-3H3. The summed E-state index contributed by atoms with van der Waals surface area (Å²) in [4.78, 5) is 0. The van der Waals surface area contributed by atoms with Crippen molar-refractivity contribution in [1.82, 2.24) is 4.72 Å². The van der Waals surface area contributed by atoms with Gasteiger partial charge >= 0.3 is 12.8 Å². The maximum Gasteiger partial charge on any atom is 0.412 e. The van der Waals surface area contributed by atoms with Crippen molar-refractivity contribution in [1.29, 1.82) is 0 Å². The third kappa shape index (κ3) is 5.62. The Labute approximate surface area is 128 Å². The minimum atomic E-state index is -4.69. The summed E-state index contributed by atoms with van der Waals surface area (Å²) in [6.07, 6.45) is -4.69. The molecule has 22 heavy (non-hydrogen) atoms. The maximum atomic E-state index is 13.1. The van der Waals surface area contributed by atoms with Gasteiger partial charge in [0.25, 0.3) is 0 Å². The van der Waals surface area contributed by atoms with Crippen LogP contribution in [0.25, 0.3) is 0 Å². The average molecular weight is 345 g/mol. The molecule has 1 aromatic carbocycles. The molecule has 0 heterocycles. The first-order valence-corrected chi connectivity index (χ1v) is 7.36. The van der Waals surface area contributed by atoms with Crippen molar-refractivity contribution >= 4 is 11.4 Å². The van der Waals surface area contributed by atoms with Crippen LogP contribution in [0.15, 0.2) is 24.3 Å². The van der Waals surface area contributed by atoms with Gasteiger partial charge in [0.1, 0.15) is 10.5 Å². The second-order valence-corrected chi connectivity index (χ2v) is 7.42. The summed E-state index contributed by atoms with van der Waals surface area (Å²) < 4.78 is 80.5. The highest BCUT2D eigenvalue weighted by Gasteiger charge is 2.45. The predicted octanol–water partition coefficient (Wildman–Crippen LogP) is 3.94. The van der Waals surface area contributed by atoms with E-state index in [1.807, 2.05) is 4.72 Å². The van der Waals surface area contributed by atoms with Crippen LogP contribution in [0.4, 0.5) is 22.0 Å². The van der Waals surface area contributed by atoms with Crippen molar-refractivity contribution < 1.29 is 31.2 Å². The van der Waals surface area contributed by atoms with Crippen LogP contribution in [-0.2, 0) is 11.4 Å². The Bertz CT molecular complexity index is 473. The van der Waals surface area contributed by atoms with Crippen molar-refractivity contribution in [3.05, 3.63) is 29.8 Å². The number of nitrogens with one attached hydrogen (secondary N) is 1. The van der Waals surface area contributed by atoms with E-state index in [4.69, 9.17) is 0 Å². The van der Waals surface area contributed by atoms with E-state index in [0.29, 0.717) is 0 Å². The molecule has 0 aliphatic carbocycles. The quantitative estimate of drug-likeness (QED) is 0.649. The first kappa shape index (κ1) is 19.0. The van der Waals surface area contributed by atoms with E-state index in [2.05, 4.69) is 4.74 Å². The summed E-state index contributed by atoms with van der Waals surface area (Å²) in [5, 5.41) is 0. The summed E-state index contributed by atoms with van der Waals surface area (Å²) >= 11 is -1.95. The van der Waals surface area contributed by atoms with Crippen LogP contribution in [0.2, 0.25) is 0 Å². The van der Waals surface area contributed by atoms with Gasteiger partial charge in [-0.25, -0.2) is 0 Å². The zero-order valence-corrected chi connectivity index (χ0v) is 12.9. The lowest BCUT2D eigenvalue weighted by molar-refractivity contribution is -0.153. The van der Waals surface area contributed by atoms with Crippen molar-refractivity contribution in [3.63, 3.8) is 0 Å². The van der Waals surface area contributed by atoms with E-state index in [-0.39, 0.29) is 11.3 Å². The Morgan fingerprint density at radius 1 is 1.09 bits per heavy atom. The highest BCUT2D eigenvalue weighted by Crippen LogP contribution is 2.35. The van der Waals surface area contributed by atoms with Crippen molar-refractivity contribution in [2.45, 2.75) is 44.3 Å². The Kier molecular flexibility index (Phi) is 6.05. The molecule has 0 aliphatic heterocycles. The molecular formula is C13H16F5NO2S. The number of hydrogen-bond acceptors (Lipinski definition) is 3. The molecule has 0 spiro atoms. The molecular weight excluding hydrogens is 329 g/mol. The second-order valence-electron chi connectivity index (χ2n) is 5.42. The molecule has 0 radical (unpaired) electrons. The van der Waals surface area contributed by atoms with Crippen LogP contribution in [-0.4, -0.2) is 22.1 Å².